The molecule has 0 N–H and O–H groups in total. The predicted molar refractivity (Wildman–Crippen MR) is 95.1 cm³/mol. The molecule has 0 bridgehead atoms. The zero-order valence-corrected chi connectivity index (χ0v) is 15.0. The minimum Gasteiger partial charge on any atom is -0.325 e. The molecule has 1 aliphatic rings. The first kappa shape index (κ1) is 18.5. The number of ketones is 1. The number of Topliss-reactive ketones (excluding diaryl/α,β-unsaturated/α-hetero) is 1. The molecule has 0 radical (unpaired) electrons. The van der Waals surface area contributed by atoms with E-state index in [1.807, 2.05) is 0 Å². The zero-order valence-electron chi connectivity index (χ0n) is 14.3. The van der Waals surface area contributed by atoms with Crippen molar-refractivity contribution in [2.24, 2.45) is 0 Å². The van der Waals surface area contributed by atoms with Crippen LogP contribution < -0.4 is 0 Å². The lowest BCUT2D eigenvalue weighted by molar-refractivity contribution is -0.132. The summed E-state index contributed by atoms with van der Waals surface area (Å²) in [5.74, 6) is -2.97. The van der Waals surface area contributed by atoms with Crippen LogP contribution in [0.4, 0.5) is 8.78 Å². The van der Waals surface area contributed by atoms with Gasteiger partial charge in [0.15, 0.2) is 5.78 Å². The molecular formula is C20H18ClF2NO2. The molecule has 2 aromatic carbocycles. The first-order valence-electron chi connectivity index (χ1n) is 8.40. The van der Waals surface area contributed by atoms with Gasteiger partial charge in [-0.25, -0.2) is 8.78 Å². The molecule has 6 heteroatoms. The number of carbonyl (C=O) groups excluding carboxylic acids is 2. The summed E-state index contributed by atoms with van der Waals surface area (Å²) in [6, 6.07) is 10.0. The van der Waals surface area contributed by atoms with Crippen molar-refractivity contribution < 1.29 is 18.4 Å². The highest BCUT2D eigenvalue weighted by Crippen LogP contribution is 2.43. The Kier molecular flexibility index (Phi) is 5.10. The average Bonchev–Trinajstić information content (AvgIpc) is 2.62. The fourth-order valence-corrected chi connectivity index (χ4v) is 3.96. The van der Waals surface area contributed by atoms with Crippen LogP contribution in [0.25, 0.3) is 0 Å². The van der Waals surface area contributed by atoms with Gasteiger partial charge in [0.2, 0.25) is 0 Å². The van der Waals surface area contributed by atoms with Crippen LogP contribution in [0.15, 0.2) is 42.5 Å². The average molecular weight is 378 g/mol. The van der Waals surface area contributed by atoms with Crippen molar-refractivity contribution in [3.05, 3.63) is 70.2 Å². The highest BCUT2D eigenvalue weighted by Gasteiger charge is 2.48. The molecule has 0 spiro atoms. The maximum absolute atomic E-state index is 14.1. The number of nitrogens with zero attached hydrogens (tertiary/aromatic N) is 1. The van der Waals surface area contributed by atoms with Crippen molar-refractivity contribution in [1.82, 2.24) is 4.90 Å². The Morgan fingerprint density at radius 3 is 2.35 bits per heavy atom. The van der Waals surface area contributed by atoms with Gasteiger partial charge in [-0.15, -0.1) is 0 Å². The van der Waals surface area contributed by atoms with E-state index in [0.29, 0.717) is 29.8 Å². The smallest absolute Gasteiger partial charge is 0.260 e. The normalized spacial score (nSPS) is 20.1. The maximum Gasteiger partial charge on any atom is 0.260 e. The van der Waals surface area contributed by atoms with Crippen LogP contribution in [0.3, 0.4) is 0 Å². The van der Waals surface area contributed by atoms with Crippen LogP contribution in [0.5, 0.6) is 0 Å². The van der Waals surface area contributed by atoms with Gasteiger partial charge < -0.3 is 4.90 Å². The standard InChI is InChI=1S/C20H18ClF2NO2/c1-24(19(26)18-15(22)9-6-10-16(18)23)20(12-5-4-11-17(20)25)13-7-2-3-8-14(13)21/h2-3,6-10H,4-5,11-12H2,1H3/t20-/m1/s1. The zero-order chi connectivity index (χ0) is 18.9. The second-order valence-electron chi connectivity index (χ2n) is 6.43. The number of hydrogen-bond donors (Lipinski definition) is 0. The fourth-order valence-electron chi connectivity index (χ4n) is 3.67. The van der Waals surface area contributed by atoms with Crippen LogP contribution in [-0.2, 0) is 10.3 Å². The van der Waals surface area contributed by atoms with Crippen LogP contribution in [0.1, 0.15) is 41.6 Å². The molecule has 0 heterocycles. The molecule has 1 fully saturated rings. The molecule has 1 aliphatic carbocycles. The SMILES string of the molecule is CN(C(=O)c1c(F)cccc1F)[C@@]1(c2ccccc2Cl)CCCCC1=O. The third-order valence-corrected chi connectivity index (χ3v) is 5.36. The Balaban J connectivity index is 2.15. The van der Waals surface area contributed by atoms with Crippen molar-refractivity contribution in [2.75, 3.05) is 7.05 Å². The molecule has 0 saturated heterocycles. The van der Waals surface area contributed by atoms with Crippen molar-refractivity contribution in [2.45, 2.75) is 31.2 Å². The summed E-state index contributed by atoms with van der Waals surface area (Å²) in [7, 11) is 1.40. The number of benzene rings is 2. The van der Waals surface area contributed by atoms with Gasteiger partial charge in [-0.3, -0.25) is 9.59 Å². The molecular weight excluding hydrogens is 360 g/mol. The summed E-state index contributed by atoms with van der Waals surface area (Å²) in [6.07, 6.45) is 2.05. The lowest BCUT2D eigenvalue weighted by Gasteiger charge is -2.44. The number of rotatable bonds is 3. The van der Waals surface area contributed by atoms with Crippen LogP contribution in [0, 0.1) is 11.6 Å². The Bertz CT molecular complexity index is 850. The molecule has 136 valence electrons. The Labute approximate surface area is 155 Å². The Morgan fingerprint density at radius 1 is 1.08 bits per heavy atom. The minimum atomic E-state index is -1.33. The number of carbonyl (C=O) groups is 2. The van der Waals surface area contributed by atoms with Gasteiger partial charge in [-0.05, 0) is 37.5 Å². The minimum absolute atomic E-state index is 0.176. The summed E-state index contributed by atoms with van der Waals surface area (Å²) in [5, 5.41) is 0.344. The molecule has 1 atom stereocenters. The van der Waals surface area contributed by atoms with Crippen molar-refractivity contribution in [3.63, 3.8) is 0 Å². The van der Waals surface area contributed by atoms with E-state index in [4.69, 9.17) is 11.6 Å². The van der Waals surface area contributed by atoms with E-state index >= 15 is 0 Å². The highest BCUT2D eigenvalue weighted by atomic mass is 35.5. The van der Waals surface area contributed by atoms with Gasteiger partial charge in [0, 0.05) is 24.1 Å². The third-order valence-electron chi connectivity index (χ3n) is 5.03. The Morgan fingerprint density at radius 2 is 1.73 bits per heavy atom. The van der Waals surface area contributed by atoms with E-state index in [0.717, 1.165) is 17.0 Å². The van der Waals surface area contributed by atoms with Crippen molar-refractivity contribution in [1.29, 1.82) is 0 Å². The Hall–Kier alpha value is -2.27. The molecule has 1 amide bonds. The molecule has 3 nitrogen and oxygen atoms in total. The predicted octanol–water partition coefficient (Wildman–Crippen LogP) is 4.73. The number of likely N-dealkylation sites (N-methyl/N-ethyl adjacent to an activating group) is 1. The van der Waals surface area contributed by atoms with Crippen LogP contribution in [-0.4, -0.2) is 23.6 Å². The lowest BCUT2D eigenvalue weighted by atomic mass is 9.74. The molecule has 1 saturated carbocycles. The largest absolute Gasteiger partial charge is 0.325 e. The number of amides is 1. The van der Waals surface area contributed by atoms with Crippen molar-refractivity contribution in [3.8, 4) is 0 Å². The summed E-state index contributed by atoms with van der Waals surface area (Å²) in [5.41, 5.74) is -1.51. The van der Waals surface area contributed by atoms with E-state index in [1.54, 1.807) is 24.3 Å². The van der Waals surface area contributed by atoms with E-state index in [9.17, 15) is 18.4 Å². The molecule has 0 aliphatic heterocycles. The van der Waals surface area contributed by atoms with E-state index < -0.39 is 28.6 Å². The van der Waals surface area contributed by atoms with Crippen LogP contribution in [0.2, 0.25) is 5.02 Å². The second-order valence-corrected chi connectivity index (χ2v) is 6.84. The van der Waals surface area contributed by atoms with Gasteiger partial charge in [-0.2, -0.15) is 0 Å². The summed E-state index contributed by atoms with van der Waals surface area (Å²) < 4.78 is 28.3. The quantitative estimate of drug-likeness (QED) is 0.775. The molecule has 0 aromatic heterocycles. The topological polar surface area (TPSA) is 37.4 Å². The lowest BCUT2D eigenvalue weighted by Crippen LogP contribution is -2.54. The van der Waals surface area contributed by atoms with E-state index in [1.165, 1.54) is 13.1 Å². The van der Waals surface area contributed by atoms with Gasteiger partial charge in [-0.1, -0.05) is 35.9 Å². The van der Waals surface area contributed by atoms with Gasteiger partial charge in [0.1, 0.15) is 22.7 Å². The summed E-state index contributed by atoms with van der Waals surface area (Å²) >= 11 is 6.33. The summed E-state index contributed by atoms with van der Waals surface area (Å²) in [4.78, 5) is 27.1. The van der Waals surface area contributed by atoms with Crippen molar-refractivity contribution >= 4 is 23.3 Å². The van der Waals surface area contributed by atoms with E-state index in [-0.39, 0.29) is 12.2 Å². The number of halogens is 3. The van der Waals surface area contributed by atoms with Gasteiger partial charge in [0.05, 0.1) is 0 Å². The molecule has 2 aromatic rings. The second kappa shape index (κ2) is 7.16. The number of hydrogen-bond acceptors (Lipinski definition) is 2. The highest BCUT2D eigenvalue weighted by molar-refractivity contribution is 6.31. The third kappa shape index (κ3) is 2.90. The van der Waals surface area contributed by atoms with Gasteiger partial charge in [0.25, 0.3) is 5.91 Å². The molecule has 0 unspecified atom stereocenters. The molecule has 26 heavy (non-hydrogen) atoms. The summed E-state index contributed by atoms with van der Waals surface area (Å²) in [6.45, 7) is 0. The van der Waals surface area contributed by atoms with Crippen LogP contribution >= 0.6 is 11.6 Å². The fraction of sp³-hybridized carbons (Fsp3) is 0.300. The van der Waals surface area contributed by atoms with Gasteiger partial charge >= 0.3 is 0 Å². The first-order valence-corrected chi connectivity index (χ1v) is 8.78. The maximum atomic E-state index is 14.1. The first-order chi connectivity index (χ1) is 12.4. The monoisotopic (exact) mass is 377 g/mol. The molecule has 3 rings (SSSR count). The van der Waals surface area contributed by atoms with E-state index in [2.05, 4.69) is 0 Å².